The van der Waals surface area contributed by atoms with E-state index in [1.54, 1.807) is 0 Å². The van der Waals surface area contributed by atoms with Gasteiger partial charge in [0.15, 0.2) is 0 Å². The number of likely N-dealkylation sites (tertiary alicyclic amines) is 1. The zero-order chi connectivity index (χ0) is 15.7. The number of fused-ring (bicyclic) bond motifs is 1. The summed E-state index contributed by atoms with van der Waals surface area (Å²) in [4.78, 5) is 8.75. The summed E-state index contributed by atoms with van der Waals surface area (Å²) in [6, 6.07) is 8.29. The lowest BCUT2D eigenvalue weighted by molar-refractivity contribution is 0.150. The minimum absolute atomic E-state index is 0.0299. The molecular formula is C17H23N3O2. The third kappa shape index (κ3) is 2.79. The number of pyridine rings is 1. The van der Waals surface area contributed by atoms with Crippen molar-refractivity contribution in [1.82, 2.24) is 9.88 Å². The third-order valence-corrected chi connectivity index (χ3v) is 4.37. The molecule has 1 aromatic carbocycles. The fourth-order valence-corrected chi connectivity index (χ4v) is 3.28. The molecule has 118 valence electrons. The first-order valence-electron chi connectivity index (χ1n) is 7.67. The van der Waals surface area contributed by atoms with Crippen LogP contribution in [0.1, 0.15) is 12.0 Å². The van der Waals surface area contributed by atoms with E-state index in [4.69, 9.17) is 0 Å². The van der Waals surface area contributed by atoms with E-state index in [2.05, 4.69) is 22.0 Å². The van der Waals surface area contributed by atoms with Crippen molar-refractivity contribution in [2.24, 2.45) is 0 Å². The lowest BCUT2D eigenvalue weighted by Gasteiger charge is -2.24. The molecule has 0 spiro atoms. The van der Waals surface area contributed by atoms with E-state index in [1.165, 1.54) is 5.39 Å². The van der Waals surface area contributed by atoms with E-state index in [0.29, 0.717) is 19.5 Å². The zero-order valence-electron chi connectivity index (χ0n) is 13.1. The Kier molecular flexibility index (Phi) is 4.29. The smallest absolute Gasteiger partial charge is 0.135 e. The van der Waals surface area contributed by atoms with E-state index in [1.807, 2.05) is 37.3 Å². The first-order chi connectivity index (χ1) is 10.6. The summed E-state index contributed by atoms with van der Waals surface area (Å²) in [6.45, 7) is 1.39. The average Bonchev–Trinajstić information content (AvgIpc) is 2.87. The summed E-state index contributed by atoms with van der Waals surface area (Å²) >= 11 is 0. The maximum absolute atomic E-state index is 9.83. The molecule has 2 aromatic rings. The van der Waals surface area contributed by atoms with Crippen molar-refractivity contribution in [3.05, 3.63) is 36.0 Å². The molecule has 0 unspecified atom stereocenters. The summed E-state index contributed by atoms with van der Waals surface area (Å²) in [7, 11) is 3.99. The van der Waals surface area contributed by atoms with Gasteiger partial charge in [0.25, 0.3) is 0 Å². The normalized spacial score (nSPS) is 22.4. The fraction of sp³-hybridized carbons (Fsp3) is 0.471. The molecule has 2 N–H and O–H groups in total. The van der Waals surface area contributed by atoms with Gasteiger partial charge in [0.2, 0.25) is 0 Å². The number of hydrogen-bond acceptors (Lipinski definition) is 5. The summed E-state index contributed by atoms with van der Waals surface area (Å²) in [5, 5.41) is 21.6. The van der Waals surface area contributed by atoms with Crippen molar-refractivity contribution >= 4 is 16.6 Å². The monoisotopic (exact) mass is 301 g/mol. The predicted octanol–water partition coefficient (Wildman–Crippen LogP) is 1.23. The van der Waals surface area contributed by atoms with Gasteiger partial charge in [-0.05, 0) is 17.4 Å². The van der Waals surface area contributed by atoms with Crippen LogP contribution < -0.4 is 4.90 Å². The van der Waals surface area contributed by atoms with Crippen LogP contribution in [0.4, 0.5) is 5.82 Å². The minimum Gasteiger partial charge on any atom is -0.395 e. The second-order valence-corrected chi connectivity index (χ2v) is 6.20. The van der Waals surface area contributed by atoms with E-state index >= 15 is 0 Å². The minimum atomic E-state index is -0.350. The van der Waals surface area contributed by atoms with Crippen molar-refractivity contribution in [2.45, 2.75) is 25.1 Å². The van der Waals surface area contributed by atoms with Gasteiger partial charge in [0.05, 0.1) is 12.7 Å². The van der Waals surface area contributed by atoms with Gasteiger partial charge in [0.1, 0.15) is 5.82 Å². The maximum atomic E-state index is 9.83. The highest BCUT2D eigenvalue weighted by Gasteiger charge is 2.30. The quantitative estimate of drug-likeness (QED) is 0.889. The molecular weight excluding hydrogens is 278 g/mol. The molecule has 0 aliphatic carbocycles. The van der Waals surface area contributed by atoms with Crippen LogP contribution in [-0.4, -0.2) is 59.5 Å². The van der Waals surface area contributed by atoms with E-state index < -0.39 is 0 Å². The summed E-state index contributed by atoms with van der Waals surface area (Å²) in [6.07, 6.45) is 2.20. The Balaban J connectivity index is 1.96. The molecule has 22 heavy (non-hydrogen) atoms. The van der Waals surface area contributed by atoms with E-state index in [-0.39, 0.29) is 18.8 Å². The Morgan fingerprint density at radius 1 is 1.27 bits per heavy atom. The molecule has 1 aliphatic rings. The highest BCUT2D eigenvalue weighted by atomic mass is 16.3. The topological polar surface area (TPSA) is 59.8 Å². The molecule has 0 saturated carbocycles. The molecule has 0 amide bonds. The molecule has 0 radical (unpaired) electrons. The van der Waals surface area contributed by atoms with Crippen molar-refractivity contribution in [2.75, 3.05) is 32.1 Å². The molecule has 1 fully saturated rings. The molecule has 2 heterocycles. The Morgan fingerprint density at radius 2 is 2.00 bits per heavy atom. The van der Waals surface area contributed by atoms with Gasteiger partial charge in [-0.2, -0.15) is 0 Å². The van der Waals surface area contributed by atoms with Crippen LogP contribution in [0, 0.1) is 0 Å². The van der Waals surface area contributed by atoms with Crippen LogP contribution in [0.15, 0.2) is 30.5 Å². The number of aliphatic hydroxyl groups is 2. The predicted molar refractivity (Wildman–Crippen MR) is 88.0 cm³/mol. The molecule has 3 rings (SSSR count). The number of β-amino-alcohol motifs (C(OH)–C–C–N with tert-alkyl or cyclic N) is 1. The molecule has 0 bridgehead atoms. The van der Waals surface area contributed by atoms with Gasteiger partial charge in [-0.25, -0.2) is 4.98 Å². The maximum Gasteiger partial charge on any atom is 0.135 e. The van der Waals surface area contributed by atoms with Gasteiger partial charge < -0.3 is 15.1 Å². The summed E-state index contributed by atoms with van der Waals surface area (Å²) in [5.41, 5.74) is 1.13. The van der Waals surface area contributed by atoms with Crippen LogP contribution >= 0.6 is 0 Å². The van der Waals surface area contributed by atoms with Gasteiger partial charge in [0, 0.05) is 44.8 Å². The van der Waals surface area contributed by atoms with E-state index in [9.17, 15) is 10.2 Å². The standard InChI is InChI=1S/C17H23N3O2/c1-19(2)17-16-6-4-3-5-15(16)12(8-18-17)9-20-10-14(22)7-13(20)11-21/h3-6,8,13-14,21-22H,7,9-11H2,1-2H3/t13-,14-/m0/s1. The van der Waals surface area contributed by atoms with Crippen LogP contribution in [0.5, 0.6) is 0 Å². The second-order valence-electron chi connectivity index (χ2n) is 6.20. The number of rotatable bonds is 4. The molecule has 1 saturated heterocycles. The Hall–Kier alpha value is -1.69. The van der Waals surface area contributed by atoms with Gasteiger partial charge in [-0.15, -0.1) is 0 Å². The van der Waals surface area contributed by atoms with Gasteiger partial charge in [-0.3, -0.25) is 4.90 Å². The third-order valence-electron chi connectivity index (χ3n) is 4.37. The average molecular weight is 301 g/mol. The first kappa shape index (κ1) is 15.2. The van der Waals surface area contributed by atoms with Gasteiger partial charge >= 0.3 is 0 Å². The number of anilines is 1. The van der Waals surface area contributed by atoms with Crippen LogP contribution in [0.2, 0.25) is 0 Å². The molecule has 2 atom stereocenters. The molecule has 5 nitrogen and oxygen atoms in total. The summed E-state index contributed by atoms with van der Waals surface area (Å²) in [5.74, 6) is 0.958. The number of aliphatic hydroxyl groups excluding tert-OH is 2. The SMILES string of the molecule is CN(C)c1ncc(CN2C[C@@H](O)C[C@H]2CO)c2ccccc12. The lowest BCUT2D eigenvalue weighted by atomic mass is 10.1. The largest absolute Gasteiger partial charge is 0.395 e. The highest BCUT2D eigenvalue weighted by molar-refractivity contribution is 5.94. The second kappa shape index (κ2) is 6.20. The van der Waals surface area contributed by atoms with Crippen LogP contribution in [0.3, 0.4) is 0 Å². The molecule has 5 heteroatoms. The molecule has 1 aromatic heterocycles. The number of benzene rings is 1. The highest BCUT2D eigenvalue weighted by Crippen LogP contribution is 2.28. The van der Waals surface area contributed by atoms with Crippen molar-refractivity contribution in [3.8, 4) is 0 Å². The van der Waals surface area contributed by atoms with E-state index in [0.717, 1.165) is 16.8 Å². The Morgan fingerprint density at radius 3 is 2.68 bits per heavy atom. The van der Waals surface area contributed by atoms with Gasteiger partial charge in [-0.1, -0.05) is 24.3 Å². The van der Waals surface area contributed by atoms with Crippen molar-refractivity contribution in [3.63, 3.8) is 0 Å². The van der Waals surface area contributed by atoms with Crippen molar-refractivity contribution in [1.29, 1.82) is 0 Å². The van der Waals surface area contributed by atoms with Crippen LogP contribution in [-0.2, 0) is 6.54 Å². The zero-order valence-corrected chi connectivity index (χ0v) is 13.1. The fourth-order valence-electron chi connectivity index (χ4n) is 3.28. The Labute approximate surface area is 130 Å². The lowest BCUT2D eigenvalue weighted by Crippen LogP contribution is -2.32. The summed E-state index contributed by atoms with van der Waals surface area (Å²) < 4.78 is 0. The number of aromatic nitrogens is 1. The molecule has 1 aliphatic heterocycles. The van der Waals surface area contributed by atoms with Crippen molar-refractivity contribution < 1.29 is 10.2 Å². The number of hydrogen-bond donors (Lipinski definition) is 2. The number of nitrogens with zero attached hydrogens (tertiary/aromatic N) is 3. The van der Waals surface area contributed by atoms with Crippen LogP contribution in [0.25, 0.3) is 10.8 Å². The Bertz CT molecular complexity index is 659. The first-order valence-corrected chi connectivity index (χ1v) is 7.67.